The monoisotopic (exact) mass is 378 g/mol. The molecule has 3 heterocycles. The molecular weight excluding hydrogens is 362 g/mol. The number of aliphatic hydroxyl groups excluding tert-OH is 3. The summed E-state index contributed by atoms with van der Waals surface area (Å²) in [6.45, 7) is 0. The molecule has 3 aromatic rings. The lowest BCUT2D eigenvalue weighted by Crippen LogP contribution is -2.34. The number of hydrogen-bond acceptors (Lipinski definition) is 7. The first kappa shape index (κ1) is 17.7. The normalized spacial score (nSPS) is 26.6. The zero-order valence-electron chi connectivity index (χ0n) is 13.8. The average molecular weight is 378 g/mol. The van der Waals surface area contributed by atoms with Crippen LogP contribution in [0.2, 0.25) is 0 Å². The number of nitrogens with zero attached hydrogens (tertiary/aromatic N) is 3. The first-order valence-corrected chi connectivity index (χ1v) is 8.10. The van der Waals surface area contributed by atoms with E-state index in [-0.39, 0.29) is 11.4 Å². The number of halogens is 2. The number of nitrogen functional groups attached to an aromatic ring is 1. The number of hydrogen-bond donors (Lipinski definition) is 4. The van der Waals surface area contributed by atoms with Gasteiger partial charge in [-0.3, -0.25) is 0 Å². The third-order valence-corrected chi connectivity index (χ3v) is 4.69. The van der Waals surface area contributed by atoms with Crippen molar-refractivity contribution in [1.29, 1.82) is 0 Å². The molecule has 0 saturated carbocycles. The molecule has 1 fully saturated rings. The Morgan fingerprint density at radius 1 is 1.11 bits per heavy atom. The molecule has 0 spiro atoms. The molecule has 0 bridgehead atoms. The number of rotatable bonds is 3. The van der Waals surface area contributed by atoms with Gasteiger partial charge in [-0.25, -0.2) is 18.7 Å². The summed E-state index contributed by atoms with van der Waals surface area (Å²) in [6, 6.07) is 4.49. The van der Waals surface area contributed by atoms with E-state index in [9.17, 15) is 24.1 Å². The fourth-order valence-corrected chi connectivity index (χ4v) is 3.26. The fraction of sp³-hybridized carbons (Fsp3) is 0.294. The maximum atomic E-state index is 13.4. The maximum Gasteiger partial charge on any atom is 0.164 e. The topological polar surface area (TPSA) is 127 Å². The standard InChI is InChI=1S/C17H16F2N4O4/c18-9-2-1-7(5-10(9)19)11(24)14-12(25)13(26)17(27-14)23-4-3-8-15(20)21-6-22-16(8)23/h1-6,11-14,17,24-26H,(H2,20,21,22)/t11?,12-,13+,14+,17+/m0/s1. The molecule has 2 aromatic heterocycles. The molecule has 4 rings (SSSR count). The molecule has 1 aliphatic rings. The molecule has 0 aliphatic carbocycles. The number of aliphatic hydroxyl groups is 3. The lowest BCUT2D eigenvalue weighted by Gasteiger charge is -2.21. The third kappa shape index (κ3) is 2.82. The third-order valence-electron chi connectivity index (χ3n) is 4.69. The first-order chi connectivity index (χ1) is 12.9. The largest absolute Gasteiger partial charge is 0.387 e. The van der Waals surface area contributed by atoms with E-state index in [1.54, 1.807) is 12.3 Å². The molecular formula is C17H16F2N4O4. The minimum atomic E-state index is -1.49. The van der Waals surface area contributed by atoms with E-state index in [1.807, 2.05) is 0 Å². The molecule has 1 unspecified atom stereocenters. The van der Waals surface area contributed by atoms with Gasteiger partial charge in [0.2, 0.25) is 0 Å². The van der Waals surface area contributed by atoms with Crippen molar-refractivity contribution >= 4 is 16.9 Å². The molecule has 10 heteroatoms. The summed E-state index contributed by atoms with van der Waals surface area (Å²) in [4.78, 5) is 7.97. The first-order valence-electron chi connectivity index (χ1n) is 8.10. The minimum Gasteiger partial charge on any atom is -0.387 e. The van der Waals surface area contributed by atoms with E-state index in [1.165, 1.54) is 17.0 Å². The van der Waals surface area contributed by atoms with Gasteiger partial charge in [0, 0.05) is 6.20 Å². The smallest absolute Gasteiger partial charge is 0.164 e. The molecule has 5 N–H and O–H groups in total. The van der Waals surface area contributed by atoms with Crippen LogP contribution in [-0.2, 0) is 4.74 Å². The molecule has 1 aliphatic heterocycles. The number of fused-ring (bicyclic) bond motifs is 1. The summed E-state index contributed by atoms with van der Waals surface area (Å²) in [5.41, 5.74) is 6.17. The van der Waals surface area contributed by atoms with Crippen LogP contribution in [0.3, 0.4) is 0 Å². The van der Waals surface area contributed by atoms with Gasteiger partial charge < -0.3 is 30.4 Å². The van der Waals surface area contributed by atoms with Gasteiger partial charge >= 0.3 is 0 Å². The van der Waals surface area contributed by atoms with E-state index in [4.69, 9.17) is 10.5 Å². The zero-order valence-corrected chi connectivity index (χ0v) is 13.8. The molecule has 0 amide bonds. The Morgan fingerprint density at radius 2 is 1.89 bits per heavy atom. The molecule has 27 heavy (non-hydrogen) atoms. The van der Waals surface area contributed by atoms with E-state index in [0.717, 1.165) is 12.1 Å². The highest BCUT2D eigenvalue weighted by atomic mass is 19.2. The zero-order chi connectivity index (χ0) is 19.3. The van der Waals surface area contributed by atoms with Crippen LogP contribution in [0, 0.1) is 11.6 Å². The number of anilines is 1. The Morgan fingerprint density at radius 3 is 2.63 bits per heavy atom. The number of ether oxygens (including phenoxy) is 1. The van der Waals surface area contributed by atoms with Gasteiger partial charge in [0.1, 0.15) is 42.2 Å². The van der Waals surface area contributed by atoms with Crippen molar-refractivity contribution in [2.24, 2.45) is 0 Å². The highest BCUT2D eigenvalue weighted by Gasteiger charge is 2.47. The molecule has 1 saturated heterocycles. The highest BCUT2D eigenvalue weighted by Crippen LogP contribution is 2.37. The Balaban J connectivity index is 1.66. The van der Waals surface area contributed by atoms with Crippen molar-refractivity contribution in [3.05, 3.63) is 54.0 Å². The Kier molecular flexibility index (Phi) is 4.27. The summed E-state index contributed by atoms with van der Waals surface area (Å²) < 4.78 is 33.7. The van der Waals surface area contributed by atoms with Crippen molar-refractivity contribution in [3.63, 3.8) is 0 Å². The second-order valence-electron chi connectivity index (χ2n) is 6.31. The molecule has 0 radical (unpaired) electrons. The number of benzene rings is 1. The van der Waals surface area contributed by atoms with Gasteiger partial charge in [0.05, 0.1) is 5.39 Å². The SMILES string of the molecule is Nc1ncnc2c1ccn2[C@@H]1O[C@H](C(O)c2ccc(F)c(F)c2)[C@@H](O)[C@H]1O. The van der Waals surface area contributed by atoms with Gasteiger partial charge in [-0.05, 0) is 23.8 Å². The van der Waals surface area contributed by atoms with Crippen LogP contribution in [0.25, 0.3) is 11.0 Å². The summed E-state index contributed by atoms with van der Waals surface area (Å²) >= 11 is 0. The van der Waals surface area contributed by atoms with Crippen molar-refractivity contribution in [1.82, 2.24) is 14.5 Å². The van der Waals surface area contributed by atoms with Gasteiger partial charge in [-0.1, -0.05) is 6.07 Å². The second kappa shape index (κ2) is 6.50. The highest BCUT2D eigenvalue weighted by molar-refractivity contribution is 5.86. The Bertz CT molecular complexity index is 998. The predicted octanol–water partition coefficient (Wildman–Crippen LogP) is 0.644. The number of aromatic nitrogens is 3. The van der Waals surface area contributed by atoms with Crippen molar-refractivity contribution < 1.29 is 28.8 Å². The second-order valence-corrected chi connectivity index (χ2v) is 6.31. The summed E-state index contributed by atoms with van der Waals surface area (Å²) in [5.74, 6) is -1.96. The predicted molar refractivity (Wildman–Crippen MR) is 89.2 cm³/mol. The van der Waals surface area contributed by atoms with Crippen LogP contribution in [0.5, 0.6) is 0 Å². The summed E-state index contributed by atoms with van der Waals surface area (Å²) in [6.07, 6.45) is -3.90. The summed E-state index contributed by atoms with van der Waals surface area (Å²) in [5, 5.41) is 31.7. The van der Waals surface area contributed by atoms with Crippen LogP contribution >= 0.6 is 0 Å². The average Bonchev–Trinajstić information content (AvgIpc) is 3.20. The van der Waals surface area contributed by atoms with Gasteiger partial charge in [-0.15, -0.1) is 0 Å². The van der Waals surface area contributed by atoms with Crippen LogP contribution in [0.15, 0.2) is 36.8 Å². The van der Waals surface area contributed by atoms with Gasteiger partial charge in [0.25, 0.3) is 0 Å². The fourth-order valence-electron chi connectivity index (χ4n) is 3.26. The van der Waals surface area contributed by atoms with Crippen LogP contribution in [0.4, 0.5) is 14.6 Å². The van der Waals surface area contributed by atoms with E-state index in [2.05, 4.69) is 9.97 Å². The lowest BCUT2D eigenvalue weighted by molar-refractivity contribution is -0.0849. The van der Waals surface area contributed by atoms with Crippen LogP contribution in [-0.4, -0.2) is 48.2 Å². The Hall–Kier alpha value is -2.66. The van der Waals surface area contributed by atoms with E-state index in [0.29, 0.717) is 11.0 Å². The van der Waals surface area contributed by atoms with Gasteiger partial charge in [0.15, 0.2) is 17.9 Å². The molecule has 8 nitrogen and oxygen atoms in total. The summed E-state index contributed by atoms with van der Waals surface area (Å²) in [7, 11) is 0. The van der Waals surface area contributed by atoms with Crippen molar-refractivity contribution in [2.75, 3.05) is 5.73 Å². The van der Waals surface area contributed by atoms with Crippen LogP contribution in [0.1, 0.15) is 17.9 Å². The Labute approximate surface area is 151 Å². The van der Waals surface area contributed by atoms with Gasteiger partial charge in [-0.2, -0.15) is 0 Å². The number of nitrogens with two attached hydrogens (primary N) is 1. The quantitative estimate of drug-likeness (QED) is 0.527. The van der Waals surface area contributed by atoms with Crippen molar-refractivity contribution in [2.45, 2.75) is 30.6 Å². The van der Waals surface area contributed by atoms with E-state index < -0.39 is 42.3 Å². The molecule has 1 aromatic carbocycles. The lowest BCUT2D eigenvalue weighted by atomic mass is 9.99. The van der Waals surface area contributed by atoms with E-state index >= 15 is 0 Å². The van der Waals surface area contributed by atoms with Crippen LogP contribution < -0.4 is 5.73 Å². The molecule has 5 atom stereocenters. The molecule has 142 valence electrons. The minimum absolute atomic E-state index is 0.00901. The van der Waals surface area contributed by atoms with Crippen molar-refractivity contribution in [3.8, 4) is 0 Å². The maximum absolute atomic E-state index is 13.4.